The molecule has 3 rings (SSSR count). The van der Waals surface area contributed by atoms with Gasteiger partial charge in [-0.2, -0.15) is 0 Å². The molecule has 1 fully saturated rings. The van der Waals surface area contributed by atoms with Gasteiger partial charge in [-0.3, -0.25) is 4.79 Å². The summed E-state index contributed by atoms with van der Waals surface area (Å²) < 4.78 is 10.9. The molecule has 6 heteroatoms. The molecule has 2 aromatic rings. The van der Waals surface area contributed by atoms with Crippen molar-refractivity contribution in [2.45, 2.75) is 19.1 Å². The number of aromatic nitrogens is 1. The number of nitrogens with zero attached hydrogens (tertiary/aromatic N) is 1. The largest absolute Gasteiger partial charge is 0.471 e. The van der Waals surface area contributed by atoms with Gasteiger partial charge in [0.05, 0.1) is 18.8 Å². The van der Waals surface area contributed by atoms with Crippen LogP contribution in [0.1, 0.15) is 22.3 Å². The maximum absolute atomic E-state index is 12.2. The lowest BCUT2D eigenvalue weighted by molar-refractivity contribution is 0.0950. The highest BCUT2D eigenvalue weighted by molar-refractivity contribution is 6.32. The van der Waals surface area contributed by atoms with Crippen molar-refractivity contribution in [1.82, 2.24) is 10.3 Å². The van der Waals surface area contributed by atoms with Gasteiger partial charge in [0.15, 0.2) is 0 Å². The quantitative estimate of drug-likeness (QED) is 0.914. The highest BCUT2D eigenvalue weighted by atomic mass is 35.5. The van der Waals surface area contributed by atoms with Crippen molar-refractivity contribution in [2.75, 3.05) is 13.2 Å². The third kappa shape index (κ3) is 4.21. The molecule has 120 valence electrons. The first-order valence-electron chi connectivity index (χ1n) is 7.44. The van der Waals surface area contributed by atoms with Crippen LogP contribution in [0.3, 0.4) is 0 Å². The van der Waals surface area contributed by atoms with Gasteiger partial charge in [0.25, 0.3) is 5.91 Å². The van der Waals surface area contributed by atoms with Gasteiger partial charge in [-0.15, -0.1) is 0 Å². The summed E-state index contributed by atoms with van der Waals surface area (Å²) in [5.41, 5.74) is 1.43. The maximum atomic E-state index is 12.2. The monoisotopic (exact) mass is 332 g/mol. The van der Waals surface area contributed by atoms with Crippen LogP contribution in [0, 0.1) is 0 Å². The topological polar surface area (TPSA) is 60.5 Å². The summed E-state index contributed by atoms with van der Waals surface area (Å²) in [6.45, 7) is 1.68. The van der Waals surface area contributed by atoms with Crippen LogP contribution in [0.4, 0.5) is 0 Å². The summed E-state index contributed by atoms with van der Waals surface area (Å²) in [5.74, 6) is 0.112. The number of hydrogen-bond acceptors (Lipinski definition) is 4. The third-order valence-corrected chi connectivity index (χ3v) is 3.80. The van der Waals surface area contributed by atoms with Crippen LogP contribution in [-0.2, 0) is 11.3 Å². The average Bonchev–Trinajstić information content (AvgIpc) is 3.08. The van der Waals surface area contributed by atoms with Crippen molar-refractivity contribution in [2.24, 2.45) is 0 Å². The van der Waals surface area contributed by atoms with Crippen LogP contribution in [0.15, 0.2) is 42.6 Å². The fraction of sp³-hybridized carbons (Fsp3) is 0.294. The van der Waals surface area contributed by atoms with Gasteiger partial charge in [0, 0.05) is 19.2 Å². The Kier molecular flexibility index (Phi) is 5.10. The highest BCUT2D eigenvalue weighted by Crippen LogP contribution is 2.25. The second-order valence-corrected chi connectivity index (χ2v) is 5.69. The molecule has 1 amide bonds. The number of pyridine rings is 1. The third-order valence-electron chi connectivity index (χ3n) is 3.53. The summed E-state index contributed by atoms with van der Waals surface area (Å²) in [4.78, 5) is 16.3. The molecule has 1 aliphatic rings. The van der Waals surface area contributed by atoms with Gasteiger partial charge in [0.2, 0.25) is 5.88 Å². The number of carbonyl (C=O) groups excluding carboxylic acids is 1. The molecule has 1 N–H and O–H groups in total. The molecule has 1 atom stereocenters. The zero-order valence-electron chi connectivity index (χ0n) is 12.5. The molecule has 0 saturated carbocycles. The van der Waals surface area contributed by atoms with E-state index in [4.69, 9.17) is 21.1 Å². The highest BCUT2D eigenvalue weighted by Gasteiger charge is 2.19. The molecule has 1 aromatic carbocycles. The summed E-state index contributed by atoms with van der Waals surface area (Å²) in [7, 11) is 0. The Morgan fingerprint density at radius 3 is 2.91 bits per heavy atom. The molecule has 0 radical (unpaired) electrons. The van der Waals surface area contributed by atoms with Gasteiger partial charge >= 0.3 is 0 Å². The van der Waals surface area contributed by atoms with Crippen molar-refractivity contribution in [3.8, 4) is 5.88 Å². The number of benzene rings is 1. The van der Waals surface area contributed by atoms with E-state index < -0.39 is 0 Å². The van der Waals surface area contributed by atoms with Crippen LogP contribution in [0.25, 0.3) is 0 Å². The molecular weight excluding hydrogens is 316 g/mol. The minimum absolute atomic E-state index is 0.0299. The lowest BCUT2D eigenvalue weighted by atomic mass is 10.2. The number of ether oxygens (including phenoxy) is 2. The smallest absolute Gasteiger partial charge is 0.253 e. The van der Waals surface area contributed by atoms with Crippen molar-refractivity contribution in [1.29, 1.82) is 0 Å². The van der Waals surface area contributed by atoms with Gasteiger partial charge in [-0.1, -0.05) is 41.9 Å². The van der Waals surface area contributed by atoms with Crippen LogP contribution in [0.5, 0.6) is 5.88 Å². The van der Waals surface area contributed by atoms with E-state index >= 15 is 0 Å². The molecular formula is C17H17ClN2O3. The first-order chi connectivity index (χ1) is 11.2. The van der Waals surface area contributed by atoms with Crippen LogP contribution in [0.2, 0.25) is 5.02 Å². The molecule has 0 aliphatic carbocycles. The molecule has 1 unspecified atom stereocenters. The fourth-order valence-electron chi connectivity index (χ4n) is 2.28. The Morgan fingerprint density at radius 1 is 1.39 bits per heavy atom. The van der Waals surface area contributed by atoms with E-state index in [0.717, 1.165) is 12.0 Å². The summed E-state index contributed by atoms with van der Waals surface area (Å²) >= 11 is 6.16. The van der Waals surface area contributed by atoms with Crippen LogP contribution >= 0.6 is 11.6 Å². The number of rotatable bonds is 5. The molecule has 1 aliphatic heterocycles. The first-order valence-corrected chi connectivity index (χ1v) is 7.82. The van der Waals surface area contributed by atoms with Gasteiger partial charge < -0.3 is 14.8 Å². The Labute approximate surface area is 139 Å². The van der Waals surface area contributed by atoms with Crippen molar-refractivity contribution < 1.29 is 14.3 Å². The SMILES string of the molecule is O=C(NCc1ccccc1)c1cnc(OC2CCOC2)c(Cl)c1. The van der Waals surface area contributed by atoms with Crippen molar-refractivity contribution in [3.63, 3.8) is 0 Å². The Morgan fingerprint density at radius 2 is 2.22 bits per heavy atom. The zero-order chi connectivity index (χ0) is 16.1. The summed E-state index contributed by atoms with van der Waals surface area (Å²) in [5, 5.41) is 3.16. The normalized spacial score (nSPS) is 17.0. The molecule has 0 spiro atoms. The van der Waals surface area contributed by atoms with E-state index in [1.165, 1.54) is 6.20 Å². The molecule has 1 saturated heterocycles. The summed E-state index contributed by atoms with van der Waals surface area (Å²) in [6.07, 6.45) is 2.26. The van der Waals surface area contributed by atoms with E-state index in [1.807, 2.05) is 30.3 Å². The maximum Gasteiger partial charge on any atom is 0.253 e. The van der Waals surface area contributed by atoms with E-state index in [1.54, 1.807) is 6.07 Å². The van der Waals surface area contributed by atoms with Gasteiger partial charge in [0.1, 0.15) is 11.1 Å². The fourth-order valence-corrected chi connectivity index (χ4v) is 2.49. The number of amides is 1. The van der Waals surface area contributed by atoms with Crippen molar-refractivity contribution in [3.05, 3.63) is 58.7 Å². The van der Waals surface area contributed by atoms with E-state index in [-0.39, 0.29) is 12.0 Å². The number of nitrogens with one attached hydrogen (secondary N) is 1. The molecule has 2 heterocycles. The standard InChI is InChI=1S/C17H17ClN2O3/c18-15-8-13(10-20-17(15)23-14-6-7-22-11-14)16(21)19-9-12-4-2-1-3-5-12/h1-5,8,10,14H,6-7,9,11H2,(H,19,21). The predicted octanol–water partition coefficient (Wildman–Crippen LogP) is 2.83. The van der Waals surface area contributed by atoms with Gasteiger partial charge in [-0.05, 0) is 11.6 Å². The predicted molar refractivity (Wildman–Crippen MR) is 86.7 cm³/mol. The van der Waals surface area contributed by atoms with Gasteiger partial charge in [-0.25, -0.2) is 4.98 Å². The minimum Gasteiger partial charge on any atom is -0.471 e. The van der Waals surface area contributed by atoms with Crippen molar-refractivity contribution >= 4 is 17.5 Å². The second kappa shape index (κ2) is 7.44. The van der Waals surface area contributed by atoms with Crippen LogP contribution < -0.4 is 10.1 Å². The average molecular weight is 333 g/mol. The second-order valence-electron chi connectivity index (χ2n) is 5.28. The molecule has 0 bridgehead atoms. The van der Waals surface area contributed by atoms with E-state index in [0.29, 0.717) is 36.2 Å². The Bertz CT molecular complexity index is 673. The lowest BCUT2D eigenvalue weighted by Crippen LogP contribution is -2.23. The number of hydrogen-bond donors (Lipinski definition) is 1. The van der Waals surface area contributed by atoms with E-state index in [2.05, 4.69) is 10.3 Å². The Hall–Kier alpha value is -2.11. The molecule has 23 heavy (non-hydrogen) atoms. The lowest BCUT2D eigenvalue weighted by Gasteiger charge is -2.12. The van der Waals surface area contributed by atoms with E-state index in [9.17, 15) is 4.79 Å². The first kappa shape index (κ1) is 15.8. The molecule has 1 aromatic heterocycles. The van der Waals surface area contributed by atoms with Crippen LogP contribution in [-0.4, -0.2) is 30.2 Å². The summed E-state index contributed by atoms with van der Waals surface area (Å²) in [6, 6.07) is 11.3. The minimum atomic E-state index is -0.223. The Balaban J connectivity index is 1.61. The molecule has 5 nitrogen and oxygen atoms in total. The number of halogens is 1. The zero-order valence-corrected chi connectivity index (χ0v) is 13.3. The number of carbonyl (C=O) groups is 1.